The summed E-state index contributed by atoms with van der Waals surface area (Å²) in [6.45, 7) is 11.9. The number of carbonyl (C=O) groups is 1. The van der Waals surface area contributed by atoms with Crippen molar-refractivity contribution in [2.24, 2.45) is 11.8 Å². The largest absolute Gasteiger partial charge is 0.493 e. The second-order valence-electron chi connectivity index (χ2n) is 8.82. The number of likely N-dealkylation sites (tertiary alicyclic amines) is 1. The van der Waals surface area contributed by atoms with Gasteiger partial charge in [-0.2, -0.15) is 0 Å². The molecule has 0 aliphatic carbocycles. The first-order valence-corrected chi connectivity index (χ1v) is 11.1. The first-order valence-electron chi connectivity index (χ1n) is 11.1. The summed E-state index contributed by atoms with van der Waals surface area (Å²) in [7, 11) is 0. The minimum absolute atomic E-state index is 0.0965. The fourth-order valence-electron chi connectivity index (χ4n) is 4.23. The number of carbonyl (C=O) groups excluding carboxylic acids is 1. The molecule has 1 amide bonds. The lowest BCUT2D eigenvalue weighted by Gasteiger charge is -2.34. The van der Waals surface area contributed by atoms with Crippen molar-refractivity contribution in [2.75, 3.05) is 59.0 Å². The molecule has 1 N–H and O–H groups in total. The molecular formula is C23H37N3O3. The number of rotatable bonds is 9. The normalized spacial score (nSPS) is 23.8. The van der Waals surface area contributed by atoms with E-state index in [2.05, 4.69) is 29.0 Å². The van der Waals surface area contributed by atoms with Crippen molar-refractivity contribution in [3.05, 3.63) is 30.3 Å². The highest BCUT2D eigenvalue weighted by atomic mass is 16.5. The fraction of sp³-hybridized carbons (Fsp3) is 0.696. The van der Waals surface area contributed by atoms with Gasteiger partial charge in [-0.15, -0.1) is 0 Å². The van der Waals surface area contributed by atoms with Crippen LogP contribution in [0, 0.1) is 11.8 Å². The Labute approximate surface area is 175 Å². The zero-order valence-corrected chi connectivity index (χ0v) is 18.0. The molecule has 162 valence electrons. The predicted molar refractivity (Wildman–Crippen MR) is 115 cm³/mol. The molecule has 2 fully saturated rings. The molecule has 1 aromatic rings. The third-order valence-corrected chi connectivity index (χ3v) is 5.57. The van der Waals surface area contributed by atoms with E-state index in [1.54, 1.807) is 0 Å². The predicted octanol–water partition coefficient (Wildman–Crippen LogP) is 2.25. The maximum Gasteiger partial charge on any atom is 0.234 e. The average Bonchev–Trinajstić information content (AvgIpc) is 2.72. The Morgan fingerprint density at radius 2 is 2.03 bits per heavy atom. The molecule has 29 heavy (non-hydrogen) atoms. The minimum atomic E-state index is 0.0965. The number of nitrogens with one attached hydrogen (secondary N) is 1. The van der Waals surface area contributed by atoms with Gasteiger partial charge in [0.1, 0.15) is 5.75 Å². The standard InChI is InChI=1S/C23H37N3O3/c1-19(2)14-26-11-12-28-22(16-26)13-24-23(27)17-25-10-6-7-20(15-25)18-29-21-8-4-3-5-9-21/h3-5,8-9,19-20,22H,6-7,10-18H2,1-2H3,(H,24,27). The van der Waals surface area contributed by atoms with Gasteiger partial charge in [-0.25, -0.2) is 0 Å². The van der Waals surface area contributed by atoms with Gasteiger partial charge in [-0.05, 0) is 37.4 Å². The van der Waals surface area contributed by atoms with Gasteiger partial charge in [0.05, 0.1) is 25.9 Å². The number of nitrogens with zero attached hydrogens (tertiary/aromatic N) is 2. The van der Waals surface area contributed by atoms with Crippen LogP contribution in [0.2, 0.25) is 0 Å². The van der Waals surface area contributed by atoms with Crippen LogP contribution in [-0.2, 0) is 9.53 Å². The number of hydrogen-bond acceptors (Lipinski definition) is 5. The Kier molecular flexibility index (Phi) is 8.77. The molecule has 2 aliphatic heterocycles. The average molecular weight is 404 g/mol. The van der Waals surface area contributed by atoms with Crippen molar-refractivity contribution in [1.82, 2.24) is 15.1 Å². The lowest BCUT2D eigenvalue weighted by Crippen LogP contribution is -2.50. The van der Waals surface area contributed by atoms with Gasteiger partial charge in [-0.3, -0.25) is 14.6 Å². The van der Waals surface area contributed by atoms with Gasteiger partial charge in [-0.1, -0.05) is 32.0 Å². The molecule has 0 spiro atoms. The van der Waals surface area contributed by atoms with E-state index in [1.807, 2.05) is 30.3 Å². The Bertz CT molecular complexity index is 611. The van der Waals surface area contributed by atoms with Crippen LogP contribution in [0.3, 0.4) is 0 Å². The van der Waals surface area contributed by atoms with Crippen LogP contribution in [-0.4, -0.2) is 80.8 Å². The number of benzene rings is 1. The first-order chi connectivity index (χ1) is 14.1. The highest BCUT2D eigenvalue weighted by Gasteiger charge is 2.24. The Morgan fingerprint density at radius 3 is 2.83 bits per heavy atom. The highest BCUT2D eigenvalue weighted by molar-refractivity contribution is 5.78. The lowest BCUT2D eigenvalue weighted by molar-refractivity contribution is -0.124. The van der Waals surface area contributed by atoms with Crippen molar-refractivity contribution in [3.8, 4) is 5.75 Å². The van der Waals surface area contributed by atoms with Gasteiger partial charge in [0.2, 0.25) is 5.91 Å². The monoisotopic (exact) mass is 403 g/mol. The summed E-state index contributed by atoms with van der Waals surface area (Å²) in [6.07, 6.45) is 2.37. The molecule has 0 bridgehead atoms. The summed E-state index contributed by atoms with van der Waals surface area (Å²) in [5.41, 5.74) is 0. The van der Waals surface area contributed by atoms with Crippen LogP contribution in [0.4, 0.5) is 0 Å². The van der Waals surface area contributed by atoms with Crippen molar-refractivity contribution in [3.63, 3.8) is 0 Å². The van der Waals surface area contributed by atoms with Crippen LogP contribution in [0.1, 0.15) is 26.7 Å². The maximum atomic E-state index is 12.4. The van der Waals surface area contributed by atoms with Crippen LogP contribution in [0.25, 0.3) is 0 Å². The van der Waals surface area contributed by atoms with Crippen molar-refractivity contribution >= 4 is 5.91 Å². The SMILES string of the molecule is CC(C)CN1CCOC(CNC(=O)CN2CCCC(COc3ccccc3)C2)C1. The molecule has 6 nitrogen and oxygen atoms in total. The third kappa shape index (κ3) is 7.96. The molecule has 2 heterocycles. The number of morpholine rings is 1. The van der Waals surface area contributed by atoms with Gasteiger partial charge in [0.25, 0.3) is 0 Å². The summed E-state index contributed by atoms with van der Waals surface area (Å²) in [5, 5.41) is 3.08. The van der Waals surface area contributed by atoms with Crippen LogP contribution in [0.5, 0.6) is 5.75 Å². The molecule has 6 heteroatoms. The van der Waals surface area contributed by atoms with Gasteiger partial charge < -0.3 is 14.8 Å². The molecule has 0 radical (unpaired) electrons. The summed E-state index contributed by atoms with van der Waals surface area (Å²) < 4.78 is 11.7. The highest BCUT2D eigenvalue weighted by Crippen LogP contribution is 2.18. The van der Waals surface area contributed by atoms with Gasteiger partial charge in [0, 0.05) is 38.6 Å². The molecule has 2 unspecified atom stereocenters. The summed E-state index contributed by atoms with van der Waals surface area (Å²) >= 11 is 0. The number of para-hydroxylation sites is 1. The van der Waals surface area contributed by atoms with E-state index in [1.165, 1.54) is 0 Å². The summed E-state index contributed by atoms with van der Waals surface area (Å²) in [4.78, 5) is 17.1. The molecular weight excluding hydrogens is 366 g/mol. The van der Waals surface area contributed by atoms with Crippen LogP contribution >= 0.6 is 0 Å². The van der Waals surface area contributed by atoms with Crippen molar-refractivity contribution in [2.45, 2.75) is 32.8 Å². The molecule has 3 rings (SSSR count). The molecule has 2 atom stereocenters. The van der Waals surface area contributed by atoms with Crippen LogP contribution < -0.4 is 10.1 Å². The molecule has 0 saturated carbocycles. The first kappa shape index (κ1) is 22.1. The fourth-order valence-corrected chi connectivity index (χ4v) is 4.23. The lowest BCUT2D eigenvalue weighted by atomic mass is 9.99. The topological polar surface area (TPSA) is 54.0 Å². The van der Waals surface area contributed by atoms with Gasteiger partial charge in [0.15, 0.2) is 0 Å². The Hall–Kier alpha value is -1.63. The zero-order valence-electron chi connectivity index (χ0n) is 18.0. The maximum absolute atomic E-state index is 12.4. The van der Waals surface area contributed by atoms with E-state index in [-0.39, 0.29) is 12.0 Å². The van der Waals surface area contributed by atoms with E-state index >= 15 is 0 Å². The van der Waals surface area contributed by atoms with Crippen LogP contribution in [0.15, 0.2) is 30.3 Å². The molecule has 2 aliphatic rings. The quantitative estimate of drug-likeness (QED) is 0.685. The molecule has 1 aromatic carbocycles. The minimum Gasteiger partial charge on any atom is -0.493 e. The van der Waals surface area contributed by atoms with Gasteiger partial charge >= 0.3 is 0 Å². The second-order valence-corrected chi connectivity index (χ2v) is 8.82. The number of amides is 1. The summed E-state index contributed by atoms with van der Waals surface area (Å²) in [6, 6.07) is 9.96. The van der Waals surface area contributed by atoms with Crippen molar-refractivity contribution < 1.29 is 14.3 Å². The number of piperidine rings is 1. The van der Waals surface area contributed by atoms with E-state index in [0.717, 1.165) is 57.9 Å². The van der Waals surface area contributed by atoms with Crippen molar-refractivity contribution in [1.29, 1.82) is 0 Å². The van der Waals surface area contributed by atoms with E-state index < -0.39 is 0 Å². The molecule has 0 aromatic heterocycles. The van der Waals surface area contributed by atoms with E-state index in [4.69, 9.17) is 9.47 Å². The summed E-state index contributed by atoms with van der Waals surface area (Å²) in [5.74, 6) is 2.14. The Balaban J connectivity index is 1.34. The zero-order chi connectivity index (χ0) is 20.5. The van der Waals surface area contributed by atoms with E-state index in [9.17, 15) is 4.79 Å². The number of ether oxygens (including phenoxy) is 2. The third-order valence-electron chi connectivity index (χ3n) is 5.57. The Morgan fingerprint density at radius 1 is 1.21 bits per heavy atom. The second kappa shape index (κ2) is 11.5. The smallest absolute Gasteiger partial charge is 0.234 e. The number of hydrogen-bond donors (Lipinski definition) is 1. The molecule has 2 saturated heterocycles. The van der Waals surface area contributed by atoms with E-state index in [0.29, 0.717) is 31.5 Å².